The lowest BCUT2D eigenvalue weighted by atomic mass is 9.71. The molecule has 1 amide bonds. The number of carbonyl (C=O) groups is 1. The predicted octanol–water partition coefficient (Wildman–Crippen LogP) is 0.595. The fourth-order valence-electron chi connectivity index (χ4n) is 6.46. The number of amides is 1. The van der Waals surface area contributed by atoms with Crippen molar-refractivity contribution in [3.63, 3.8) is 0 Å². The molecule has 4 fully saturated rings. The molecule has 4 aliphatic rings. The molecule has 3 aliphatic heterocycles. The van der Waals surface area contributed by atoms with Crippen molar-refractivity contribution in [2.45, 2.75) is 64.2 Å². The number of hydrogen-bond donors (Lipinski definition) is 4. The van der Waals surface area contributed by atoms with E-state index in [2.05, 4.69) is 46.9 Å². The molecule has 0 spiro atoms. The minimum Gasteiger partial charge on any atom is -0.381 e. The van der Waals surface area contributed by atoms with Crippen LogP contribution in [0.1, 0.15) is 46.0 Å². The largest absolute Gasteiger partial charge is 0.381 e. The molecule has 4 rings (SSSR count). The summed E-state index contributed by atoms with van der Waals surface area (Å²) in [6.07, 6.45) is 6.33. The molecule has 8 heteroatoms. The number of nitrogens with zero attached hydrogens (tertiary/aromatic N) is 2. The van der Waals surface area contributed by atoms with E-state index >= 15 is 0 Å². The summed E-state index contributed by atoms with van der Waals surface area (Å²) < 4.78 is 5.28. The second-order valence-electron chi connectivity index (χ2n) is 11.1. The van der Waals surface area contributed by atoms with Gasteiger partial charge >= 0.3 is 0 Å². The lowest BCUT2D eigenvalue weighted by Crippen LogP contribution is -2.62. The van der Waals surface area contributed by atoms with E-state index in [0.29, 0.717) is 29.8 Å². The minimum atomic E-state index is 0.0729. The number of hydrazine groups is 1. The second kappa shape index (κ2) is 11.1. The van der Waals surface area contributed by atoms with Gasteiger partial charge in [-0.3, -0.25) is 15.5 Å². The quantitative estimate of drug-likeness (QED) is 0.409. The van der Waals surface area contributed by atoms with E-state index in [1.54, 1.807) is 0 Å². The van der Waals surface area contributed by atoms with Gasteiger partial charge in [-0.25, -0.2) is 5.01 Å². The number of hydrogen-bond acceptors (Lipinski definition) is 7. The van der Waals surface area contributed by atoms with Crippen LogP contribution in [0.5, 0.6) is 0 Å². The lowest BCUT2D eigenvalue weighted by molar-refractivity contribution is -0.130. The van der Waals surface area contributed by atoms with E-state index < -0.39 is 0 Å². The molecule has 3 heterocycles. The molecule has 6 atom stereocenters. The molecule has 1 saturated carbocycles. The average Bonchev–Trinajstić information content (AvgIpc) is 3.16. The van der Waals surface area contributed by atoms with Crippen LogP contribution >= 0.6 is 0 Å². The first-order valence-electron chi connectivity index (χ1n) is 13.0. The first-order chi connectivity index (χ1) is 15.5. The summed E-state index contributed by atoms with van der Waals surface area (Å²) in [4.78, 5) is 15.7. The van der Waals surface area contributed by atoms with E-state index in [1.165, 1.54) is 25.7 Å². The molecule has 32 heavy (non-hydrogen) atoms. The average molecular weight is 451 g/mol. The Balaban J connectivity index is 1.42. The van der Waals surface area contributed by atoms with Gasteiger partial charge in [0.25, 0.3) is 0 Å². The van der Waals surface area contributed by atoms with Crippen LogP contribution in [0.25, 0.3) is 0 Å². The highest BCUT2D eigenvalue weighted by molar-refractivity contribution is 5.79. The van der Waals surface area contributed by atoms with Crippen molar-refractivity contribution in [1.29, 1.82) is 0 Å². The van der Waals surface area contributed by atoms with Crippen molar-refractivity contribution >= 4 is 5.91 Å². The molecule has 184 valence electrons. The number of piperidine rings is 1. The summed E-state index contributed by atoms with van der Waals surface area (Å²) in [5.74, 6) is 2.52. The van der Waals surface area contributed by atoms with Gasteiger partial charge in [-0.1, -0.05) is 6.42 Å². The van der Waals surface area contributed by atoms with Crippen molar-refractivity contribution < 1.29 is 9.53 Å². The highest BCUT2D eigenvalue weighted by Gasteiger charge is 2.49. The van der Waals surface area contributed by atoms with Crippen molar-refractivity contribution in [2.75, 3.05) is 53.0 Å². The summed E-state index contributed by atoms with van der Waals surface area (Å²) in [5.41, 5.74) is 9.35. The molecule has 0 aromatic heterocycles. The third kappa shape index (κ3) is 5.65. The van der Waals surface area contributed by atoms with E-state index in [4.69, 9.17) is 10.5 Å². The molecule has 5 N–H and O–H groups in total. The Hall–Kier alpha value is -0.770. The monoisotopic (exact) mass is 450 g/mol. The zero-order valence-electron chi connectivity index (χ0n) is 20.4. The Labute approximate surface area is 194 Å². The number of nitrogens with two attached hydrogens (primary N) is 1. The summed E-state index contributed by atoms with van der Waals surface area (Å²) in [7, 11) is 2.19. The first kappa shape index (κ1) is 24.4. The molecule has 0 bridgehead atoms. The second-order valence-corrected chi connectivity index (χ2v) is 11.1. The summed E-state index contributed by atoms with van der Waals surface area (Å²) in [5, 5.41) is 9.64. The number of fused-ring (bicyclic) bond motifs is 1. The highest BCUT2D eigenvalue weighted by atomic mass is 16.5. The molecular formula is C24H46N6O2. The minimum absolute atomic E-state index is 0.0729. The van der Waals surface area contributed by atoms with Crippen LogP contribution in [-0.2, 0) is 9.53 Å². The van der Waals surface area contributed by atoms with E-state index in [-0.39, 0.29) is 18.0 Å². The molecular weight excluding hydrogens is 404 g/mol. The maximum atomic E-state index is 13.3. The molecule has 1 aliphatic carbocycles. The van der Waals surface area contributed by atoms with Gasteiger partial charge in [0.15, 0.2) is 0 Å². The van der Waals surface area contributed by atoms with Crippen LogP contribution in [0.4, 0.5) is 0 Å². The zero-order valence-corrected chi connectivity index (χ0v) is 20.4. The number of likely N-dealkylation sites (N-methyl/N-ethyl adjacent to an activating group) is 1. The first-order valence-corrected chi connectivity index (χ1v) is 13.0. The number of ether oxygens (including phenoxy) is 1. The number of rotatable bonds is 9. The fraction of sp³-hybridized carbons (Fsp3) is 0.958. The fourth-order valence-corrected chi connectivity index (χ4v) is 6.46. The SMILES string of the molecule is CC(C)N1NCC2C(C(=O)NCC3COC3)CC(C3CCCC(CN(C)CCN)C3)NC21. The Kier molecular flexibility index (Phi) is 8.45. The number of carbonyl (C=O) groups excluding carboxylic acids is 1. The lowest BCUT2D eigenvalue weighted by Gasteiger charge is -2.46. The van der Waals surface area contributed by atoms with Crippen LogP contribution in [0.15, 0.2) is 0 Å². The molecule has 3 saturated heterocycles. The Bertz CT molecular complexity index is 615. The number of nitrogens with one attached hydrogen (secondary N) is 3. The molecule has 0 aromatic carbocycles. The standard InChI is InChI=1S/C24H46N6O2/c1-16(2)30-23-21(12-27-30)20(24(31)26-11-18-14-32-15-18)10-22(28-23)19-6-4-5-17(9-19)13-29(3)8-7-25/h16-23,27-28H,4-15,25H2,1-3H3,(H,26,31). The predicted molar refractivity (Wildman–Crippen MR) is 127 cm³/mol. The maximum absolute atomic E-state index is 13.3. The van der Waals surface area contributed by atoms with Gasteiger partial charge in [0.05, 0.1) is 19.4 Å². The van der Waals surface area contributed by atoms with E-state index in [9.17, 15) is 4.79 Å². The van der Waals surface area contributed by atoms with Gasteiger partial charge in [0.2, 0.25) is 5.91 Å². The van der Waals surface area contributed by atoms with Gasteiger partial charge in [0, 0.05) is 62.6 Å². The molecule has 6 unspecified atom stereocenters. The van der Waals surface area contributed by atoms with Crippen LogP contribution in [-0.4, -0.2) is 87.1 Å². The third-order valence-electron chi connectivity index (χ3n) is 8.26. The van der Waals surface area contributed by atoms with Gasteiger partial charge in [-0.2, -0.15) is 0 Å². The van der Waals surface area contributed by atoms with Crippen molar-refractivity contribution in [2.24, 2.45) is 35.3 Å². The molecule has 0 radical (unpaired) electrons. The van der Waals surface area contributed by atoms with Gasteiger partial charge < -0.3 is 20.7 Å². The maximum Gasteiger partial charge on any atom is 0.223 e. The van der Waals surface area contributed by atoms with Crippen molar-refractivity contribution in [1.82, 2.24) is 26.0 Å². The Morgan fingerprint density at radius 2 is 2.06 bits per heavy atom. The molecule has 0 aromatic rings. The highest BCUT2D eigenvalue weighted by Crippen LogP contribution is 2.39. The van der Waals surface area contributed by atoms with Crippen molar-refractivity contribution in [3.05, 3.63) is 0 Å². The van der Waals surface area contributed by atoms with Crippen LogP contribution < -0.4 is 21.8 Å². The topological polar surface area (TPSA) is 94.9 Å². The van der Waals surface area contributed by atoms with Crippen LogP contribution in [0, 0.1) is 29.6 Å². The van der Waals surface area contributed by atoms with Gasteiger partial charge in [0.1, 0.15) is 0 Å². The van der Waals surface area contributed by atoms with Crippen LogP contribution in [0.3, 0.4) is 0 Å². The van der Waals surface area contributed by atoms with E-state index in [1.807, 2.05) is 0 Å². The summed E-state index contributed by atoms with van der Waals surface area (Å²) in [6.45, 7) is 10.5. The summed E-state index contributed by atoms with van der Waals surface area (Å²) in [6, 6.07) is 0.805. The Morgan fingerprint density at radius 3 is 2.75 bits per heavy atom. The smallest absolute Gasteiger partial charge is 0.223 e. The zero-order chi connectivity index (χ0) is 22.7. The van der Waals surface area contributed by atoms with Crippen LogP contribution in [0.2, 0.25) is 0 Å². The van der Waals surface area contributed by atoms with Gasteiger partial charge in [-0.15, -0.1) is 0 Å². The third-order valence-corrected chi connectivity index (χ3v) is 8.26. The summed E-state index contributed by atoms with van der Waals surface area (Å²) >= 11 is 0. The molecule has 8 nitrogen and oxygen atoms in total. The van der Waals surface area contributed by atoms with Gasteiger partial charge in [-0.05, 0) is 58.4 Å². The van der Waals surface area contributed by atoms with E-state index in [0.717, 1.165) is 58.3 Å². The normalized spacial score (nSPS) is 36.3. The van der Waals surface area contributed by atoms with Crippen molar-refractivity contribution in [3.8, 4) is 0 Å². The Morgan fingerprint density at radius 1 is 1.25 bits per heavy atom.